The van der Waals surface area contributed by atoms with Crippen LogP contribution in [0.1, 0.15) is 11.1 Å². The van der Waals surface area contributed by atoms with Gasteiger partial charge in [0.05, 0.1) is 15.8 Å². The standard InChI is InChI=1S/C21H16N4O3S/c1-14-10-11-22-19(12-14)24-20(26)17-4-2-3-5-18(17)23-21(24)29-13-15-6-8-16(9-7-15)25(27)28/h2-12H,13H2,1H3. The number of rotatable bonds is 5. The van der Waals surface area contributed by atoms with Crippen molar-refractivity contribution in [1.29, 1.82) is 0 Å². The number of thioether (sulfide) groups is 1. The molecule has 0 spiro atoms. The summed E-state index contributed by atoms with van der Waals surface area (Å²) in [5.74, 6) is 1.02. The van der Waals surface area contributed by atoms with Gasteiger partial charge in [0.1, 0.15) is 5.82 Å². The molecule has 0 atom stereocenters. The summed E-state index contributed by atoms with van der Waals surface area (Å²) >= 11 is 1.39. The first-order chi connectivity index (χ1) is 14.0. The van der Waals surface area contributed by atoms with Gasteiger partial charge in [0.25, 0.3) is 11.2 Å². The number of nitro benzene ring substituents is 1. The Hall–Kier alpha value is -3.52. The van der Waals surface area contributed by atoms with Crippen LogP contribution in [0.4, 0.5) is 5.69 Å². The number of para-hydroxylation sites is 1. The molecule has 144 valence electrons. The van der Waals surface area contributed by atoms with Crippen LogP contribution < -0.4 is 5.56 Å². The normalized spacial score (nSPS) is 10.9. The van der Waals surface area contributed by atoms with Crippen LogP contribution in [0.2, 0.25) is 0 Å². The zero-order valence-electron chi connectivity index (χ0n) is 15.5. The van der Waals surface area contributed by atoms with E-state index in [4.69, 9.17) is 0 Å². The number of benzene rings is 2. The summed E-state index contributed by atoms with van der Waals surface area (Å²) in [6.45, 7) is 1.94. The monoisotopic (exact) mass is 404 g/mol. The maximum Gasteiger partial charge on any atom is 0.269 e. The van der Waals surface area contributed by atoms with Crippen molar-refractivity contribution in [3.8, 4) is 5.82 Å². The second-order valence-electron chi connectivity index (χ2n) is 6.46. The molecule has 0 aliphatic carbocycles. The third kappa shape index (κ3) is 3.88. The Bertz CT molecular complexity index is 1270. The molecule has 0 aliphatic heterocycles. The van der Waals surface area contributed by atoms with E-state index in [2.05, 4.69) is 9.97 Å². The van der Waals surface area contributed by atoms with Crippen LogP contribution in [0, 0.1) is 17.0 Å². The van der Waals surface area contributed by atoms with Crippen LogP contribution >= 0.6 is 11.8 Å². The van der Waals surface area contributed by atoms with Gasteiger partial charge in [-0.3, -0.25) is 14.9 Å². The smallest absolute Gasteiger partial charge is 0.268 e. The highest BCUT2D eigenvalue weighted by Crippen LogP contribution is 2.25. The van der Waals surface area contributed by atoms with Crippen molar-refractivity contribution in [1.82, 2.24) is 14.5 Å². The van der Waals surface area contributed by atoms with E-state index in [-0.39, 0.29) is 11.2 Å². The zero-order chi connectivity index (χ0) is 20.4. The molecule has 29 heavy (non-hydrogen) atoms. The molecule has 0 saturated heterocycles. The first kappa shape index (κ1) is 18.8. The number of hydrogen-bond donors (Lipinski definition) is 0. The fraction of sp³-hybridized carbons (Fsp3) is 0.0952. The molecule has 0 radical (unpaired) electrons. The minimum Gasteiger partial charge on any atom is -0.268 e. The number of non-ortho nitro benzene ring substituents is 1. The molecular formula is C21H16N4O3S. The lowest BCUT2D eigenvalue weighted by Gasteiger charge is -2.13. The third-order valence-electron chi connectivity index (χ3n) is 4.39. The van der Waals surface area contributed by atoms with E-state index in [0.717, 1.165) is 11.1 Å². The van der Waals surface area contributed by atoms with E-state index in [1.165, 1.54) is 28.5 Å². The Morgan fingerprint density at radius 3 is 2.59 bits per heavy atom. The summed E-state index contributed by atoms with van der Waals surface area (Å²) in [5.41, 5.74) is 2.36. The van der Waals surface area contributed by atoms with E-state index in [1.54, 1.807) is 30.5 Å². The van der Waals surface area contributed by atoms with E-state index in [1.807, 2.05) is 31.2 Å². The summed E-state index contributed by atoms with van der Waals surface area (Å²) in [4.78, 5) is 32.6. The van der Waals surface area contributed by atoms with Crippen molar-refractivity contribution in [2.24, 2.45) is 0 Å². The Morgan fingerprint density at radius 2 is 1.86 bits per heavy atom. The van der Waals surface area contributed by atoms with Crippen LogP contribution in [0.5, 0.6) is 0 Å². The number of hydrogen-bond acceptors (Lipinski definition) is 6. The number of aromatic nitrogens is 3. The van der Waals surface area contributed by atoms with Gasteiger partial charge in [0.2, 0.25) is 0 Å². The minimum absolute atomic E-state index is 0.0449. The Kier molecular flexibility index (Phi) is 5.09. The first-order valence-electron chi connectivity index (χ1n) is 8.84. The van der Waals surface area contributed by atoms with Gasteiger partial charge in [0, 0.05) is 24.1 Å². The van der Waals surface area contributed by atoms with E-state index in [0.29, 0.717) is 27.6 Å². The van der Waals surface area contributed by atoms with Gasteiger partial charge in [-0.25, -0.2) is 14.5 Å². The van der Waals surface area contributed by atoms with Crippen molar-refractivity contribution in [2.45, 2.75) is 17.8 Å². The molecule has 4 aromatic rings. The second-order valence-corrected chi connectivity index (χ2v) is 7.40. The van der Waals surface area contributed by atoms with Gasteiger partial charge >= 0.3 is 0 Å². The van der Waals surface area contributed by atoms with Crippen molar-refractivity contribution in [3.63, 3.8) is 0 Å². The average molecular weight is 404 g/mol. The van der Waals surface area contributed by atoms with Gasteiger partial charge in [0.15, 0.2) is 5.16 Å². The average Bonchev–Trinajstić information content (AvgIpc) is 2.72. The van der Waals surface area contributed by atoms with E-state index < -0.39 is 4.92 Å². The van der Waals surface area contributed by atoms with Crippen molar-refractivity contribution in [2.75, 3.05) is 0 Å². The highest BCUT2D eigenvalue weighted by molar-refractivity contribution is 7.98. The molecular weight excluding hydrogens is 388 g/mol. The molecule has 0 bridgehead atoms. The van der Waals surface area contributed by atoms with Gasteiger partial charge in [-0.05, 0) is 42.3 Å². The van der Waals surface area contributed by atoms with Crippen molar-refractivity contribution >= 4 is 28.4 Å². The minimum atomic E-state index is -0.428. The topological polar surface area (TPSA) is 90.9 Å². The maximum absolute atomic E-state index is 13.2. The third-order valence-corrected chi connectivity index (χ3v) is 5.40. The fourth-order valence-electron chi connectivity index (χ4n) is 2.92. The Balaban J connectivity index is 1.77. The van der Waals surface area contributed by atoms with Gasteiger partial charge < -0.3 is 0 Å². The molecule has 2 aromatic carbocycles. The Morgan fingerprint density at radius 1 is 1.10 bits per heavy atom. The lowest BCUT2D eigenvalue weighted by Crippen LogP contribution is -2.22. The lowest BCUT2D eigenvalue weighted by atomic mass is 10.2. The molecule has 0 saturated carbocycles. The molecule has 0 N–H and O–H groups in total. The SMILES string of the molecule is Cc1ccnc(-n2c(SCc3ccc([N+](=O)[O-])cc3)nc3ccccc3c2=O)c1. The number of aryl methyl sites for hydroxylation is 1. The number of fused-ring (bicyclic) bond motifs is 1. The lowest BCUT2D eigenvalue weighted by molar-refractivity contribution is -0.384. The molecule has 8 heteroatoms. The molecule has 7 nitrogen and oxygen atoms in total. The Labute approximate surface area is 170 Å². The van der Waals surface area contributed by atoms with E-state index >= 15 is 0 Å². The predicted octanol–water partition coefficient (Wildman–Crippen LogP) is 4.29. The molecule has 0 amide bonds. The predicted molar refractivity (Wildman–Crippen MR) is 113 cm³/mol. The quantitative estimate of drug-likeness (QED) is 0.213. The van der Waals surface area contributed by atoms with Crippen LogP contribution in [0.15, 0.2) is 76.8 Å². The highest BCUT2D eigenvalue weighted by atomic mass is 32.2. The maximum atomic E-state index is 13.2. The summed E-state index contributed by atoms with van der Waals surface area (Å²) in [6, 6.07) is 17.3. The summed E-state index contributed by atoms with van der Waals surface area (Å²) in [5, 5.41) is 11.9. The zero-order valence-corrected chi connectivity index (χ0v) is 16.3. The molecule has 0 unspecified atom stereocenters. The molecule has 2 aromatic heterocycles. The molecule has 4 rings (SSSR count). The molecule has 0 aliphatic rings. The first-order valence-corrected chi connectivity index (χ1v) is 9.82. The summed E-state index contributed by atoms with van der Waals surface area (Å²) < 4.78 is 1.52. The van der Waals surface area contributed by atoms with Gasteiger partial charge in [-0.2, -0.15) is 0 Å². The number of pyridine rings is 1. The molecule has 0 fully saturated rings. The summed E-state index contributed by atoms with van der Waals surface area (Å²) in [6.07, 6.45) is 1.66. The highest BCUT2D eigenvalue weighted by Gasteiger charge is 2.15. The fourth-order valence-corrected chi connectivity index (χ4v) is 3.87. The van der Waals surface area contributed by atoms with Crippen LogP contribution in [-0.4, -0.2) is 19.5 Å². The molecule has 2 heterocycles. The van der Waals surface area contributed by atoms with Gasteiger partial charge in [-0.1, -0.05) is 36.0 Å². The summed E-state index contributed by atoms with van der Waals surface area (Å²) in [7, 11) is 0. The van der Waals surface area contributed by atoms with Crippen molar-refractivity contribution < 1.29 is 4.92 Å². The largest absolute Gasteiger partial charge is 0.269 e. The van der Waals surface area contributed by atoms with Crippen molar-refractivity contribution in [3.05, 3.63) is 98.5 Å². The number of nitro groups is 1. The second kappa shape index (κ2) is 7.84. The van der Waals surface area contributed by atoms with E-state index in [9.17, 15) is 14.9 Å². The van der Waals surface area contributed by atoms with Crippen LogP contribution in [0.25, 0.3) is 16.7 Å². The number of nitrogens with zero attached hydrogens (tertiary/aromatic N) is 4. The van der Waals surface area contributed by atoms with Gasteiger partial charge in [-0.15, -0.1) is 0 Å². The van der Waals surface area contributed by atoms with Crippen LogP contribution in [0.3, 0.4) is 0 Å². The van der Waals surface area contributed by atoms with Crippen LogP contribution in [-0.2, 0) is 5.75 Å².